The van der Waals surface area contributed by atoms with Crippen LogP contribution in [0.5, 0.6) is 17.2 Å². The Kier molecular flexibility index (Phi) is 4.27. The van der Waals surface area contributed by atoms with Crippen molar-refractivity contribution in [2.24, 2.45) is 0 Å². The van der Waals surface area contributed by atoms with Crippen LogP contribution in [-0.2, 0) is 0 Å². The number of ether oxygens (including phenoxy) is 2. The lowest BCUT2D eigenvalue weighted by Crippen LogP contribution is -2.12. The number of hydrogen-bond donors (Lipinski definition) is 1. The average Bonchev–Trinajstić information content (AvgIpc) is 3.29. The zero-order valence-electron chi connectivity index (χ0n) is 15.0. The summed E-state index contributed by atoms with van der Waals surface area (Å²) in [6.07, 6.45) is 3.56. The van der Waals surface area contributed by atoms with E-state index in [4.69, 9.17) is 9.47 Å². The number of carbonyl (C=O) groups is 1. The highest BCUT2D eigenvalue weighted by Crippen LogP contribution is 2.42. The van der Waals surface area contributed by atoms with E-state index in [1.54, 1.807) is 30.6 Å². The molecule has 7 nitrogen and oxygen atoms in total. The quantitative estimate of drug-likeness (QED) is 0.696. The SMILES string of the molecule is CC(C)n1nccc1-c1nccc2c1[C@@H](Oc1cccc(O)c1C=O)CO2. The predicted octanol–water partition coefficient (Wildman–Crippen LogP) is 3.56. The number of phenols is 1. The maximum absolute atomic E-state index is 11.3. The third-order valence-corrected chi connectivity index (χ3v) is 4.49. The van der Waals surface area contributed by atoms with E-state index in [1.165, 1.54) is 6.07 Å². The largest absolute Gasteiger partial charge is 0.507 e. The van der Waals surface area contributed by atoms with Gasteiger partial charge in [0.15, 0.2) is 12.4 Å². The van der Waals surface area contributed by atoms with Gasteiger partial charge in [-0.3, -0.25) is 14.5 Å². The second-order valence-electron chi connectivity index (χ2n) is 6.55. The zero-order valence-corrected chi connectivity index (χ0v) is 15.0. The summed E-state index contributed by atoms with van der Waals surface area (Å²) in [7, 11) is 0. The van der Waals surface area contributed by atoms with E-state index < -0.39 is 6.10 Å². The zero-order chi connectivity index (χ0) is 19.0. The Morgan fingerprint density at radius 1 is 1.30 bits per heavy atom. The van der Waals surface area contributed by atoms with Gasteiger partial charge < -0.3 is 14.6 Å². The van der Waals surface area contributed by atoms with Gasteiger partial charge in [0, 0.05) is 18.4 Å². The smallest absolute Gasteiger partial charge is 0.163 e. The third-order valence-electron chi connectivity index (χ3n) is 4.49. The molecule has 0 saturated heterocycles. The van der Waals surface area contributed by atoms with E-state index in [0.29, 0.717) is 17.8 Å². The van der Waals surface area contributed by atoms with Crippen molar-refractivity contribution in [3.8, 4) is 28.6 Å². The monoisotopic (exact) mass is 365 g/mol. The second kappa shape index (κ2) is 6.75. The number of benzene rings is 1. The van der Waals surface area contributed by atoms with Gasteiger partial charge in [-0.1, -0.05) is 6.07 Å². The van der Waals surface area contributed by atoms with Crippen LogP contribution in [0.1, 0.15) is 41.9 Å². The Morgan fingerprint density at radius 2 is 2.15 bits per heavy atom. The Morgan fingerprint density at radius 3 is 2.93 bits per heavy atom. The fourth-order valence-electron chi connectivity index (χ4n) is 3.26. The molecule has 4 rings (SSSR count). The number of rotatable bonds is 5. The molecule has 3 heterocycles. The molecular weight excluding hydrogens is 346 g/mol. The van der Waals surface area contributed by atoms with Crippen molar-refractivity contribution in [3.63, 3.8) is 0 Å². The van der Waals surface area contributed by atoms with Crippen LogP contribution >= 0.6 is 0 Å². The molecule has 0 spiro atoms. The van der Waals surface area contributed by atoms with Gasteiger partial charge in [0.1, 0.15) is 23.9 Å². The summed E-state index contributed by atoms with van der Waals surface area (Å²) in [5, 5.41) is 14.3. The number of hydrogen-bond acceptors (Lipinski definition) is 6. The third kappa shape index (κ3) is 2.91. The first-order valence-electron chi connectivity index (χ1n) is 8.69. The van der Waals surface area contributed by atoms with Gasteiger partial charge in [-0.25, -0.2) is 0 Å². The summed E-state index contributed by atoms with van der Waals surface area (Å²) >= 11 is 0. The fourth-order valence-corrected chi connectivity index (χ4v) is 3.26. The van der Waals surface area contributed by atoms with Gasteiger partial charge in [-0.05, 0) is 38.1 Å². The summed E-state index contributed by atoms with van der Waals surface area (Å²) in [6, 6.07) is 8.60. The minimum absolute atomic E-state index is 0.114. The molecule has 0 bridgehead atoms. The molecule has 2 aromatic heterocycles. The molecule has 27 heavy (non-hydrogen) atoms. The molecule has 7 heteroatoms. The molecule has 0 saturated carbocycles. The number of aromatic hydroxyl groups is 1. The van der Waals surface area contributed by atoms with Crippen LogP contribution in [0.3, 0.4) is 0 Å². The van der Waals surface area contributed by atoms with Crippen LogP contribution in [0.2, 0.25) is 0 Å². The normalized spacial score (nSPS) is 15.4. The number of fused-ring (bicyclic) bond motifs is 1. The molecule has 1 N–H and O–H groups in total. The number of nitrogens with zero attached hydrogens (tertiary/aromatic N) is 3. The molecule has 0 aliphatic carbocycles. The fraction of sp³-hybridized carbons (Fsp3) is 0.250. The van der Waals surface area contributed by atoms with Gasteiger partial charge in [-0.2, -0.15) is 5.10 Å². The summed E-state index contributed by atoms with van der Waals surface area (Å²) < 4.78 is 13.7. The molecule has 1 atom stereocenters. The molecule has 0 radical (unpaired) electrons. The van der Waals surface area contributed by atoms with Gasteiger partial charge in [-0.15, -0.1) is 0 Å². The van der Waals surface area contributed by atoms with Crippen LogP contribution in [0.25, 0.3) is 11.4 Å². The van der Waals surface area contributed by atoms with Crippen LogP contribution in [0.4, 0.5) is 0 Å². The van der Waals surface area contributed by atoms with Crippen molar-refractivity contribution >= 4 is 6.29 Å². The molecule has 3 aromatic rings. The van der Waals surface area contributed by atoms with Crippen molar-refractivity contribution in [1.29, 1.82) is 0 Å². The van der Waals surface area contributed by atoms with E-state index in [-0.39, 0.29) is 24.0 Å². The number of carbonyl (C=O) groups excluding carboxylic acids is 1. The first kappa shape index (κ1) is 17.1. The highest BCUT2D eigenvalue weighted by molar-refractivity contribution is 5.83. The van der Waals surface area contributed by atoms with Crippen molar-refractivity contribution < 1.29 is 19.4 Å². The summed E-state index contributed by atoms with van der Waals surface area (Å²) in [4.78, 5) is 15.9. The van der Waals surface area contributed by atoms with Gasteiger partial charge >= 0.3 is 0 Å². The highest BCUT2D eigenvalue weighted by atomic mass is 16.5. The maximum atomic E-state index is 11.3. The lowest BCUT2D eigenvalue weighted by atomic mass is 10.1. The van der Waals surface area contributed by atoms with Crippen molar-refractivity contribution in [3.05, 3.63) is 53.9 Å². The maximum Gasteiger partial charge on any atom is 0.163 e. The minimum atomic E-state index is -0.459. The standard InChI is InChI=1S/C20H19N3O4/c1-12(2)23-14(6-9-22-23)20-19-17(7-8-21-20)26-11-18(19)27-16-5-3-4-15(25)13(16)10-24/h3-10,12,18,25H,11H2,1-2H3/t18-/m0/s1. The number of phenolic OH excluding ortho intramolecular Hbond substituents is 1. The lowest BCUT2D eigenvalue weighted by molar-refractivity contribution is 0.110. The summed E-state index contributed by atoms with van der Waals surface area (Å²) in [5.41, 5.74) is 2.52. The van der Waals surface area contributed by atoms with Crippen LogP contribution in [0, 0.1) is 0 Å². The van der Waals surface area contributed by atoms with Gasteiger partial charge in [0.25, 0.3) is 0 Å². The Bertz CT molecular complexity index is 997. The summed E-state index contributed by atoms with van der Waals surface area (Å²) in [6.45, 7) is 4.39. The van der Waals surface area contributed by atoms with Crippen molar-refractivity contribution in [2.45, 2.75) is 26.0 Å². The molecule has 138 valence electrons. The number of aldehydes is 1. The van der Waals surface area contributed by atoms with E-state index >= 15 is 0 Å². The number of pyridine rings is 1. The van der Waals surface area contributed by atoms with Crippen LogP contribution in [0.15, 0.2) is 42.7 Å². The van der Waals surface area contributed by atoms with E-state index in [2.05, 4.69) is 10.1 Å². The Labute approximate surface area is 156 Å². The first-order valence-corrected chi connectivity index (χ1v) is 8.69. The minimum Gasteiger partial charge on any atom is -0.507 e. The first-order chi connectivity index (χ1) is 13.1. The average molecular weight is 365 g/mol. The van der Waals surface area contributed by atoms with Gasteiger partial charge in [0.2, 0.25) is 0 Å². The molecule has 1 aliphatic rings. The number of aromatic nitrogens is 3. The molecule has 1 aliphatic heterocycles. The molecule has 0 unspecified atom stereocenters. The van der Waals surface area contributed by atoms with Crippen LogP contribution in [-0.4, -0.2) is 32.8 Å². The van der Waals surface area contributed by atoms with Crippen molar-refractivity contribution in [1.82, 2.24) is 14.8 Å². The molecule has 0 fully saturated rings. The summed E-state index contributed by atoms with van der Waals surface area (Å²) in [5.74, 6) is 0.874. The Balaban J connectivity index is 1.77. The van der Waals surface area contributed by atoms with Crippen LogP contribution < -0.4 is 9.47 Å². The van der Waals surface area contributed by atoms with Gasteiger partial charge in [0.05, 0.1) is 22.5 Å². The topological polar surface area (TPSA) is 86.5 Å². The Hall–Kier alpha value is -3.35. The predicted molar refractivity (Wildman–Crippen MR) is 98.2 cm³/mol. The lowest BCUT2D eigenvalue weighted by Gasteiger charge is -2.18. The van der Waals surface area contributed by atoms with Crippen molar-refractivity contribution in [2.75, 3.05) is 6.61 Å². The van der Waals surface area contributed by atoms with E-state index in [0.717, 1.165) is 17.0 Å². The molecular formula is C20H19N3O4. The second-order valence-corrected chi connectivity index (χ2v) is 6.55. The van der Waals surface area contributed by atoms with E-state index in [9.17, 15) is 9.90 Å². The highest BCUT2D eigenvalue weighted by Gasteiger charge is 2.32. The molecule has 0 amide bonds. The molecule has 1 aromatic carbocycles. The van der Waals surface area contributed by atoms with E-state index in [1.807, 2.05) is 24.6 Å².